The molecule has 0 unspecified atom stereocenters. The van der Waals surface area contributed by atoms with Crippen LogP contribution in [0.15, 0.2) is 67.0 Å². The molecule has 3 N–H and O–H groups in total. The molecule has 2 heterocycles. The number of nitrogens with one attached hydrogen (secondary N) is 3. The van der Waals surface area contributed by atoms with Crippen molar-refractivity contribution in [3.63, 3.8) is 0 Å². The second-order valence-corrected chi connectivity index (χ2v) is 7.27. The highest BCUT2D eigenvalue weighted by Gasteiger charge is 2.06. The molecule has 0 fully saturated rings. The molecule has 2 aromatic carbocycles. The van der Waals surface area contributed by atoms with E-state index in [0.29, 0.717) is 23.1 Å². The van der Waals surface area contributed by atoms with E-state index >= 15 is 0 Å². The maximum Gasteiger partial charge on any atom is 0.323 e. The van der Waals surface area contributed by atoms with E-state index in [9.17, 15) is 4.79 Å². The van der Waals surface area contributed by atoms with E-state index in [-0.39, 0.29) is 6.03 Å². The number of carbonyl (C=O) groups is 1. The van der Waals surface area contributed by atoms with Crippen LogP contribution in [0, 0.1) is 20.8 Å². The summed E-state index contributed by atoms with van der Waals surface area (Å²) in [6, 6.07) is 16.7. The van der Waals surface area contributed by atoms with Crippen LogP contribution >= 0.6 is 0 Å². The van der Waals surface area contributed by atoms with Gasteiger partial charge in [-0.1, -0.05) is 6.07 Å². The molecule has 2 amide bonds. The molecule has 0 radical (unpaired) electrons. The summed E-state index contributed by atoms with van der Waals surface area (Å²) in [5, 5.41) is 13.2. The number of aryl methyl sites for hydroxylation is 3. The zero-order valence-electron chi connectivity index (χ0n) is 17.5. The van der Waals surface area contributed by atoms with E-state index in [2.05, 4.69) is 37.1 Å². The van der Waals surface area contributed by atoms with Crippen molar-refractivity contribution in [1.82, 2.24) is 19.7 Å². The Morgan fingerprint density at radius 1 is 0.839 bits per heavy atom. The Kier molecular flexibility index (Phi) is 5.61. The fourth-order valence-corrected chi connectivity index (χ4v) is 3.26. The lowest BCUT2D eigenvalue weighted by Gasteiger charge is -2.11. The van der Waals surface area contributed by atoms with Crippen LogP contribution in [0.4, 0.5) is 27.7 Å². The van der Waals surface area contributed by atoms with E-state index in [1.165, 1.54) is 0 Å². The number of carbonyl (C=O) groups excluding carboxylic acids is 1. The molecule has 4 rings (SSSR count). The number of rotatable bonds is 5. The summed E-state index contributed by atoms with van der Waals surface area (Å²) in [7, 11) is 0. The van der Waals surface area contributed by atoms with E-state index in [1.54, 1.807) is 10.9 Å². The lowest BCUT2D eigenvalue weighted by molar-refractivity contribution is 0.262. The molecule has 0 bridgehead atoms. The maximum absolute atomic E-state index is 12.3. The van der Waals surface area contributed by atoms with E-state index in [0.717, 1.165) is 22.5 Å². The Bertz CT molecular complexity index is 1180. The number of anilines is 4. The Hall–Kier alpha value is -4.20. The van der Waals surface area contributed by atoms with Crippen molar-refractivity contribution in [2.24, 2.45) is 0 Å². The second-order valence-electron chi connectivity index (χ2n) is 7.27. The van der Waals surface area contributed by atoms with Crippen molar-refractivity contribution in [3.8, 4) is 5.82 Å². The molecule has 8 nitrogen and oxygen atoms in total. The number of aromatic nitrogens is 4. The van der Waals surface area contributed by atoms with Gasteiger partial charge >= 0.3 is 6.03 Å². The Morgan fingerprint density at radius 3 is 2.19 bits per heavy atom. The van der Waals surface area contributed by atoms with Crippen LogP contribution in [0.2, 0.25) is 0 Å². The van der Waals surface area contributed by atoms with Gasteiger partial charge in [0, 0.05) is 35.5 Å². The SMILES string of the molecule is Cc1cc(C)cc(NC(=O)Nc2ccc(Nc3cc(-n4cccn4)nc(C)n3)cc2)c1. The molecule has 156 valence electrons. The zero-order chi connectivity index (χ0) is 21.8. The molecular weight excluding hydrogens is 390 g/mol. The molecule has 0 aliphatic rings. The lowest BCUT2D eigenvalue weighted by atomic mass is 10.1. The number of benzene rings is 2. The zero-order valence-corrected chi connectivity index (χ0v) is 17.5. The Balaban J connectivity index is 1.41. The van der Waals surface area contributed by atoms with Gasteiger partial charge in [-0.05, 0) is 74.4 Å². The number of nitrogens with zero attached hydrogens (tertiary/aromatic N) is 4. The van der Waals surface area contributed by atoms with Crippen LogP contribution in [0.1, 0.15) is 17.0 Å². The second kappa shape index (κ2) is 8.66. The van der Waals surface area contributed by atoms with Gasteiger partial charge in [-0.2, -0.15) is 5.10 Å². The number of hydrogen-bond donors (Lipinski definition) is 3. The minimum absolute atomic E-state index is 0.291. The molecule has 31 heavy (non-hydrogen) atoms. The predicted octanol–water partition coefficient (Wildman–Crippen LogP) is 4.98. The molecule has 0 spiro atoms. The molecule has 0 saturated heterocycles. The number of amides is 2. The van der Waals surface area contributed by atoms with Crippen molar-refractivity contribution in [2.75, 3.05) is 16.0 Å². The largest absolute Gasteiger partial charge is 0.340 e. The Morgan fingerprint density at radius 2 is 1.52 bits per heavy atom. The highest BCUT2D eigenvalue weighted by molar-refractivity contribution is 5.99. The van der Waals surface area contributed by atoms with Gasteiger partial charge in [-0.25, -0.2) is 19.4 Å². The smallest absolute Gasteiger partial charge is 0.323 e. The molecule has 0 saturated carbocycles. The first-order valence-electron chi connectivity index (χ1n) is 9.84. The van der Waals surface area contributed by atoms with Crippen molar-refractivity contribution in [3.05, 3.63) is 83.9 Å². The number of hydrogen-bond acceptors (Lipinski definition) is 5. The standard InChI is InChI=1S/C23H23N7O/c1-15-11-16(2)13-20(12-15)29-23(31)28-19-7-5-18(6-8-19)27-21-14-22(26-17(3)25-21)30-10-4-9-24-30/h4-14H,1-3H3,(H,25,26,27)(H2,28,29,31). The average Bonchev–Trinajstić information content (AvgIpc) is 3.23. The summed E-state index contributed by atoms with van der Waals surface area (Å²) < 4.78 is 1.68. The highest BCUT2D eigenvalue weighted by Crippen LogP contribution is 2.20. The van der Waals surface area contributed by atoms with Gasteiger partial charge in [0.25, 0.3) is 0 Å². The summed E-state index contributed by atoms with van der Waals surface area (Å²) in [5.74, 6) is 1.98. The molecule has 4 aromatic rings. The van der Waals surface area contributed by atoms with Crippen LogP contribution in [0.5, 0.6) is 0 Å². The molecule has 0 atom stereocenters. The first kappa shape index (κ1) is 20.1. The fourth-order valence-electron chi connectivity index (χ4n) is 3.26. The minimum Gasteiger partial charge on any atom is -0.340 e. The molecule has 8 heteroatoms. The average molecular weight is 413 g/mol. The van der Waals surface area contributed by atoms with Crippen molar-refractivity contribution in [1.29, 1.82) is 0 Å². The van der Waals surface area contributed by atoms with Crippen LogP contribution in [0.25, 0.3) is 5.82 Å². The third-order valence-corrected chi connectivity index (χ3v) is 4.46. The first-order chi connectivity index (χ1) is 14.9. The predicted molar refractivity (Wildman–Crippen MR) is 122 cm³/mol. The Labute approximate surface area is 180 Å². The summed E-state index contributed by atoms with van der Waals surface area (Å²) in [5.41, 5.74) is 4.48. The number of urea groups is 1. The third-order valence-electron chi connectivity index (χ3n) is 4.46. The van der Waals surface area contributed by atoms with E-state index in [1.807, 2.05) is 75.5 Å². The van der Waals surface area contributed by atoms with Gasteiger partial charge in [0.05, 0.1) is 0 Å². The van der Waals surface area contributed by atoms with Crippen LogP contribution < -0.4 is 16.0 Å². The van der Waals surface area contributed by atoms with Crippen molar-refractivity contribution >= 4 is 28.9 Å². The topological polar surface area (TPSA) is 96.8 Å². The fraction of sp³-hybridized carbons (Fsp3) is 0.130. The van der Waals surface area contributed by atoms with Gasteiger partial charge in [-0.15, -0.1) is 0 Å². The van der Waals surface area contributed by atoms with Crippen LogP contribution in [-0.2, 0) is 0 Å². The van der Waals surface area contributed by atoms with Crippen LogP contribution in [-0.4, -0.2) is 25.8 Å². The normalized spacial score (nSPS) is 10.5. The third kappa shape index (κ3) is 5.24. The van der Waals surface area contributed by atoms with Crippen molar-refractivity contribution < 1.29 is 4.79 Å². The van der Waals surface area contributed by atoms with E-state index < -0.39 is 0 Å². The van der Waals surface area contributed by atoms with Gasteiger partial charge < -0.3 is 16.0 Å². The van der Waals surface area contributed by atoms with E-state index in [4.69, 9.17) is 0 Å². The molecule has 0 aliphatic heterocycles. The summed E-state index contributed by atoms with van der Waals surface area (Å²) in [6.45, 7) is 5.83. The lowest BCUT2D eigenvalue weighted by Crippen LogP contribution is -2.19. The molecule has 0 aliphatic carbocycles. The van der Waals surface area contributed by atoms with Crippen molar-refractivity contribution in [2.45, 2.75) is 20.8 Å². The maximum atomic E-state index is 12.3. The van der Waals surface area contributed by atoms with Gasteiger partial charge in [0.2, 0.25) is 0 Å². The summed E-state index contributed by atoms with van der Waals surface area (Å²) in [6.07, 6.45) is 3.53. The quantitative estimate of drug-likeness (QED) is 0.429. The van der Waals surface area contributed by atoms with Gasteiger partial charge in [-0.3, -0.25) is 0 Å². The van der Waals surface area contributed by atoms with Gasteiger partial charge in [0.15, 0.2) is 5.82 Å². The van der Waals surface area contributed by atoms with Gasteiger partial charge in [0.1, 0.15) is 11.6 Å². The summed E-state index contributed by atoms with van der Waals surface area (Å²) in [4.78, 5) is 21.1. The summed E-state index contributed by atoms with van der Waals surface area (Å²) >= 11 is 0. The highest BCUT2D eigenvalue weighted by atomic mass is 16.2. The van der Waals surface area contributed by atoms with Crippen LogP contribution in [0.3, 0.4) is 0 Å². The molecule has 2 aromatic heterocycles. The monoisotopic (exact) mass is 413 g/mol. The minimum atomic E-state index is -0.291. The first-order valence-corrected chi connectivity index (χ1v) is 9.84. The molecular formula is C23H23N7O.